The molecule has 2 aromatic carbocycles. The standard InChI is InChI=1S/C32H44N6O5/c1-21-17-25(18-22(2)29(21)42-32(8,9)30(41)43-31(5,6)7)19-37(20-28(40)34-33-24(4)39)16-15-27-23(3)35-38(36-27)26-13-11-10-12-14-26/h10-14,17-18H,15-16,19-20H2,1-9H3,(H,33,39)(H,34,40). The van der Waals surface area contributed by atoms with Gasteiger partial charge in [-0.05, 0) is 84.2 Å². The lowest BCUT2D eigenvalue weighted by Gasteiger charge is -2.30. The van der Waals surface area contributed by atoms with E-state index in [1.54, 1.807) is 18.6 Å². The summed E-state index contributed by atoms with van der Waals surface area (Å²) in [6, 6.07) is 13.7. The van der Waals surface area contributed by atoms with Crippen molar-refractivity contribution in [2.75, 3.05) is 13.1 Å². The molecule has 232 valence electrons. The van der Waals surface area contributed by atoms with Crippen LogP contribution in [0.1, 0.15) is 69.6 Å². The number of hydrogen-bond donors (Lipinski definition) is 2. The van der Waals surface area contributed by atoms with Crippen molar-refractivity contribution < 1.29 is 23.9 Å². The van der Waals surface area contributed by atoms with E-state index in [2.05, 4.69) is 21.0 Å². The number of carbonyl (C=O) groups is 3. The van der Waals surface area contributed by atoms with Crippen molar-refractivity contribution in [3.8, 4) is 11.4 Å². The lowest BCUT2D eigenvalue weighted by atomic mass is 10.0. The summed E-state index contributed by atoms with van der Waals surface area (Å²) >= 11 is 0. The van der Waals surface area contributed by atoms with E-state index < -0.39 is 17.2 Å². The van der Waals surface area contributed by atoms with Crippen LogP contribution >= 0.6 is 0 Å². The normalized spacial score (nSPS) is 11.8. The second kappa shape index (κ2) is 13.8. The Balaban J connectivity index is 1.79. The monoisotopic (exact) mass is 592 g/mol. The molecule has 0 bridgehead atoms. The van der Waals surface area contributed by atoms with Gasteiger partial charge in [0.05, 0.1) is 23.6 Å². The van der Waals surface area contributed by atoms with Crippen molar-refractivity contribution in [1.29, 1.82) is 0 Å². The van der Waals surface area contributed by atoms with Crippen molar-refractivity contribution in [2.24, 2.45) is 0 Å². The molecule has 2 amide bonds. The van der Waals surface area contributed by atoms with Crippen LogP contribution < -0.4 is 15.6 Å². The van der Waals surface area contributed by atoms with Crippen molar-refractivity contribution in [1.82, 2.24) is 30.7 Å². The Hall–Kier alpha value is -4.25. The molecular formula is C32H44N6O5. The van der Waals surface area contributed by atoms with Gasteiger partial charge in [0.2, 0.25) is 5.91 Å². The minimum absolute atomic E-state index is 0.0498. The molecule has 0 fully saturated rings. The number of nitrogens with one attached hydrogen (secondary N) is 2. The molecule has 0 spiro atoms. The van der Waals surface area contributed by atoms with E-state index >= 15 is 0 Å². The number of rotatable bonds is 11. The highest BCUT2D eigenvalue weighted by Gasteiger charge is 2.35. The fraction of sp³-hybridized carbons (Fsp3) is 0.469. The smallest absolute Gasteiger partial charge is 0.350 e. The second-order valence-electron chi connectivity index (χ2n) is 12.2. The number of benzene rings is 2. The molecule has 11 heteroatoms. The van der Waals surface area contributed by atoms with Gasteiger partial charge in [0, 0.05) is 26.4 Å². The van der Waals surface area contributed by atoms with Gasteiger partial charge in [0.15, 0.2) is 5.60 Å². The highest BCUT2D eigenvalue weighted by atomic mass is 16.6. The summed E-state index contributed by atoms with van der Waals surface area (Å²) in [5.41, 5.74) is 8.16. The van der Waals surface area contributed by atoms with E-state index in [4.69, 9.17) is 9.47 Å². The van der Waals surface area contributed by atoms with Gasteiger partial charge in [-0.3, -0.25) is 25.3 Å². The van der Waals surface area contributed by atoms with Crippen LogP contribution in [0.4, 0.5) is 0 Å². The zero-order chi connectivity index (χ0) is 31.9. The van der Waals surface area contributed by atoms with Gasteiger partial charge >= 0.3 is 5.97 Å². The first-order valence-corrected chi connectivity index (χ1v) is 14.3. The Labute approximate surface area is 253 Å². The molecule has 1 aromatic heterocycles. The average Bonchev–Trinajstić information content (AvgIpc) is 3.28. The Kier molecular flexibility index (Phi) is 10.7. The molecule has 0 aliphatic heterocycles. The Morgan fingerprint density at radius 3 is 2.14 bits per heavy atom. The van der Waals surface area contributed by atoms with E-state index in [1.165, 1.54) is 6.92 Å². The summed E-state index contributed by atoms with van der Waals surface area (Å²) in [6.07, 6.45) is 0.565. The zero-order valence-corrected chi connectivity index (χ0v) is 26.7. The van der Waals surface area contributed by atoms with Crippen LogP contribution in [0.25, 0.3) is 5.69 Å². The van der Waals surface area contributed by atoms with Crippen LogP contribution in [-0.4, -0.2) is 62.0 Å². The van der Waals surface area contributed by atoms with E-state index in [1.807, 2.05) is 88.9 Å². The van der Waals surface area contributed by atoms with E-state index in [0.29, 0.717) is 25.3 Å². The van der Waals surface area contributed by atoms with Crippen LogP contribution in [0, 0.1) is 20.8 Å². The minimum atomic E-state index is -1.19. The molecule has 0 saturated carbocycles. The molecule has 3 aromatic rings. The largest absolute Gasteiger partial charge is 0.476 e. The lowest BCUT2D eigenvalue weighted by molar-refractivity contribution is -0.171. The number of aryl methyl sites for hydroxylation is 3. The van der Waals surface area contributed by atoms with Crippen molar-refractivity contribution >= 4 is 17.8 Å². The summed E-state index contributed by atoms with van der Waals surface area (Å²) in [5.74, 6) is -0.530. The highest BCUT2D eigenvalue weighted by Crippen LogP contribution is 2.30. The van der Waals surface area contributed by atoms with E-state index in [0.717, 1.165) is 33.8 Å². The first-order chi connectivity index (χ1) is 20.0. The number of hydrogen-bond acceptors (Lipinski definition) is 8. The number of aromatic nitrogens is 3. The highest BCUT2D eigenvalue weighted by molar-refractivity contribution is 5.82. The number of esters is 1. The zero-order valence-electron chi connectivity index (χ0n) is 26.7. The molecule has 2 N–H and O–H groups in total. The first-order valence-electron chi connectivity index (χ1n) is 14.3. The maximum Gasteiger partial charge on any atom is 0.350 e. The average molecular weight is 593 g/mol. The van der Waals surface area contributed by atoms with Gasteiger partial charge < -0.3 is 9.47 Å². The maximum atomic E-state index is 12.8. The number of nitrogens with zero attached hydrogens (tertiary/aromatic N) is 4. The molecule has 3 rings (SSSR count). The van der Waals surface area contributed by atoms with Crippen LogP contribution in [0.2, 0.25) is 0 Å². The molecular weight excluding hydrogens is 548 g/mol. The van der Waals surface area contributed by atoms with Crippen molar-refractivity contribution in [3.63, 3.8) is 0 Å². The summed E-state index contributed by atoms with van der Waals surface area (Å²) < 4.78 is 11.8. The molecule has 0 radical (unpaired) electrons. The summed E-state index contributed by atoms with van der Waals surface area (Å²) in [7, 11) is 0. The number of para-hydroxylation sites is 1. The third kappa shape index (κ3) is 9.92. The van der Waals surface area contributed by atoms with E-state index in [-0.39, 0.29) is 18.4 Å². The predicted molar refractivity (Wildman–Crippen MR) is 164 cm³/mol. The van der Waals surface area contributed by atoms with Gasteiger partial charge in [-0.15, -0.1) is 0 Å². The molecule has 0 aliphatic rings. The molecule has 43 heavy (non-hydrogen) atoms. The maximum absolute atomic E-state index is 12.8. The van der Waals surface area contributed by atoms with Crippen LogP contribution in [0.3, 0.4) is 0 Å². The first kappa shape index (κ1) is 33.3. The summed E-state index contributed by atoms with van der Waals surface area (Å²) in [6.45, 7) is 17.0. The summed E-state index contributed by atoms with van der Waals surface area (Å²) in [5, 5.41) is 9.23. The van der Waals surface area contributed by atoms with Crippen molar-refractivity contribution in [2.45, 2.75) is 86.5 Å². The van der Waals surface area contributed by atoms with Crippen LogP contribution in [-0.2, 0) is 32.1 Å². The lowest BCUT2D eigenvalue weighted by Crippen LogP contribution is -2.46. The van der Waals surface area contributed by atoms with Gasteiger partial charge in [-0.1, -0.05) is 30.3 Å². The molecule has 11 nitrogen and oxygen atoms in total. The van der Waals surface area contributed by atoms with Gasteiger partial charge in [-0.25, -0.2) is 4.79 Å². The van der Waals surface area contributed by atoms with Crippen LogP contribution in [0.15, 0.2) is 42.5 Å². The predicted octanol–water partition coefficient (Wildman–Crippen LogP) is 3.90. The van der Waals surface area contributed by atoms with Gasteiger partial charge in [0.25, 0.3) is 5.91 Å². The minimum Gasteiger partial charge on any atom is -0.476 e. The fourth-order valence-corrected chi connectivity index (χ4v) is 4.44. The summed E-state index contributed by atoms with van der Waals surface area (Å²) in [4.78, 5) is 40.4. The third-order valence-electron chi connectivity index (χ3n) is 6.45. The number of amides is 2. The number of ether oxygens (including phenoxy) is 2. The Morgan fingerprint density at radius 2 is 1.56 bits per heavy atom. The van der Waals surface area contributed by atoms with Gasteiger partial charge in [0.1, 0.15) is 11.4 Å². The molecule has 0 atom stereocenters. The van der Waals surface area contributed by atoms with Gasteiger partial charge in [-0.2, -0.15) is 15.0 Å². The third-order valence-corrected chi connectivity index (χ3v) is 6.45. The Bertz CT molecular complexity index is 1420. The molecule has 0 saturated heterocycles. The number of carbonyl (C=O) groups excluding carboxylic acids is 3. The molecule has 0 aliphatic carbocycles. The Morgan fingerprint density at radius 1 is 0.930 bits per heavy atom. The number of hydrazine groups is 1. The second-order valence-corrected chi connectivity index (χ2v) is 12.2. The quantitative estimate of drug-likeness (QED) is 0.254. The fourth-order valence-electron chi connectivity index (χ4n) is 4.44. The molecule has 0 unspecified atom stereocenters. The molecule has 1 heterocycles. The SMILES string of the molecule is CC(=O)NNC(=O)CN(CCc1nn(-c2ccccc2)nc1C)Cc1cc(C)c(OC(C)(C)C(=O)OC(C)(C)C)c(C)c1. The van der Waals surface area contributed by atoms with Crippen LogP contribution in [0.5, 0.6) is 5.75 Å². The topological polar surface area (TPSA) is 128 Å². The van der Waals surface area contributed by atoms with E-state index in [9.17, 15) is 14.4 Å². The van der Waals surface area contributed by atoms with Crippen molar-refractivity contribution in [3.05, 3.63) is 70.5 Å².